The van der Waals surface area contributed by atoms with E-state index < -0.39 is 0 Å². The summed E-state index contributed by atoms with van der Waals surface area (Å²) < 4.78 is 0. The predicted molar refractivity (Wildman–Crippen MR) is 85.9 cm³/mol. The van der Waals surface area contributed by atoms with Gasteiger partial charge < -0.3 is 15.5 Å². The van der Waals surface area contributed by atoms with Crippen molar-refractivity contribution in [2.24, 2.45) is 5.92 Å². The Morgan fingerprint density at radius 2 is 2.25 bits per heavy atom. The summed E-state index contributed by atoms with van der Waals surface area (Å²) in [7, 11) is 3.95. The van der Waals surface area contributed by atoms with Gasteiger partial charge in [0.1, 0.15) is 0 Å². The predicted octanol–water partition coefficient (Wildman–Crippen LogP) is 1.90. The summed E-state index contributed by atoms with van der Waals surface area (Å²) >= 11 is 0. The Kier molecular flexibility index (Phi) is 6.82. The third-order valence-corrected chi connectivity index (χ3v) is 3.63. The van der Waals surface area contributed by atoms with E-state index in [9.17, 15) is 4.79 Å². The topological polar surface area (TPSA) is 44.4 Å². The van der Waals surface area contributed by atoms with Crippen LogP contribution in [0.15, 0.2) is 24.3 Å². The fourth-order valence-electron chi connectivity index (χ4n) is 2.38. The molecule has 5 heteroatoms. The van der Waals surface area contributed by atoms with Crippen molar-refractivity contribution in [1.82, 2.24) is 10.6 Å². The molecule has 1 aliphatic heterocycles. The van der Waals surface area contributed by atoms with E-state index in [-0.39, 0.29) is 18.3 Å². The lowest BCUT2D eigenvalue weighted by molar-refractivity contribution is 0.0951. The van der Waals surface area contributed by atoms with E-state index in [0.717, 1.165) is 37.3 Å². The molecule has 1 amide bonds. The molecule has 1 aliphatic rings. The van der Waals surface area contributed by atoms with E-state index in [1.165, 1.54) is 6.42 Å². The molecule has 0 saturated carbocycles. The molecule has 0 radical (unpaired) electrons. The lowest BCUT2D eigenvalue weighted by atomic mass is 10.1. The van der Waals surface area contributed by atoms with Crippen LogP contribution in [0.3, 0.4) is 0 Å². The van der Waals surface area contributed by atoms with E-state index >= 15 is 0 Å². The zero-order valence-electron chi connectivity index (χ0n) is 12.2. The van der Waals surface area contributed by atoms with E-state index in [2.05, 4.69) is 10.6 Å². The van der Waals surface area contributed by atoms with Crippen molar-refractivity contribution in [2.75, 3.05) is 38.6 Å². The molecule has 0 aliphatic carbocycles. The van der Waals surface area contributed by atoms with Crippen LogP contribution in [-0.4, -0.2) is 39.6 Å². The van der Waals surface area contributed by atoms with Gasteiger partial charge in [0, 0.05) is 31.9 Å². The minimum absolute atomic E-state index is 0. The molecule has 0 bridgehead atoms. The van der Waals surface area contributed by atoms with Gasteiger partial charge in [0.15, 0.2) is 0 Å². The number of halogens is 1. The van der Waals surface area contributed by atoms with Gasteiger partial charge in [0.2, 0.25) is 0 Å². The summed E-state index contributed by atoms with van der Waals surface area (Å²) in [5.74, 6) is 0.739. The van der Waals surface area contributed by atoms with Crippen molar-refractivity contribution in [2.45, 2.75) is 12.8 Å². The minimum atomic E-state index is 0. The number of nitrogens with zero attached hydrogens (tertiary/aromatic N) is 1. The summed E-state index contributed by atoms with van der Waals surface area (Å²) in [4.78, 5) is 14.0. The Morgan fingerprint density at radius 1 is 1.45 bits per heavy atom. The summed E-state index contributed by atoms with van der Waals surface area (Å²) in [5.41, 5.74) is 1.78. The second kappa shape index (κ2) is 8.12. The fourth-order valence-corrected chi connectivity index (χ4v) is 2.38. The van der Waals surface area contributed by atoms with Gasteiger partial charge in [-0.2, -0.15) is 0 Å². The molecule has 1 atom stereocenters. The van der Waals surface area contributed by atoms with Crippen molar-refractivity contribution in [3.8, 4) is 0 Å². The van der Waals surface area contributed by atoms with Crippen LogP contribution in [0.25, 0.3) is 0 Å². The number of amides is 1. The van der Waals surface area contributed by atoms with Crippen LogP contribution in [0, 0.1) is 5.92 Å². The third kappa shape index (κ3) is 4.69. The van der Waals surface area contributed by atoms with Crippen LogP contribution in [-0.2, 0) is 0 Å². The molecule has 1 fully saturated rings. The normalized spacial score (nSPS) is 17.4. The molecule has 1 heterocycles. The van der Waals surface area contributed by atoms with Gasteiger partial charge in [0.05, 0.1) is 0 Å². The van der Waals surface area contributed by atoms with Crippen LogP contribution < -0.4 is 15.5 Å². The van der Waals surface area contributed by atoms with Gasteiger partial charge in [-0.15, -0.1) is 12.4 Å². The van der Waals surface area contributed by atoms with Crippen LogP contribution in [0.2, 0.25) is 0 Å². The Morgan fingerprint density at radius 3 is 2.90 bits per heavy atom. The molecule has 1 aromatic carbocycles. The first-order chi connectivity index (χ1) is 9.16. The van der Waals surface area contributed by atoms with Gasteiger partial charge in [-0.1, -0.05) is 6.07 Å². The molecule has 112 valence electrons. The fraction of sp³-hybridized carbons (Fsp3) is 0.533. The van der Waals surface area contributed by atoms with Crippen molar-refractivity contribution in [3.05, 3.63) is 29.8 Å². The summed E-state index contributed by atoms with van der Waals surface area (Å²) in [6.45, 7) is 2.97. The molecule has 1 aromatic rings. The number of carbonyl (C=O) groups is 1. The van der Waals surface area contributed by atoms with Crippen LogP contribution in [0.4, 0.5) is 5.69 Å². The number of anilines is 1. The maximum atomic E-state index is 12.0. The molecule has 0 spiro atoms. The number of benzene rings is 1. The van der Waals surface area contributed by atoms with Gasteiger partial charge in [-0.25, -0.2) is 0 Å². The third-order valence-electron chi connectivity index (χ3n) is 3.63. The molecular weight excluding hydrogens is 274 g/mol. The van der Waals surface area contributed by atoms with Crippen molar-refractivity contribution >= 4 is 24.0 Å². The number of hydrogen-bond donors (Lipinski definition) is 2. The molecule has 2 rings (SSSR count). The second-order valence-corrected chi connectivity index (χ2v) is 5.35. The number of hydrogen-bond acceptors (Lipinski definition) is 3. The standard InChI is InChI=1S/C15H23N3O.ClH/c1-18(2)14-5-3-4-13(10-14)15(19)17-9-7-12-6-8-16-11-12;/h3-5,10,12,16H,6-9,11H2,1-2H3,(H,17,19);1H. The maximum absolute atomic E-state index is 12.0. The first-order valence-corrected chi connectivity index (χ1v) is 6.93. The minimum Gasteiger partial charge on any atom is -0.378 e. The average molecular weight is 298 g/mol. The first-order valence-electron chi connectivity index (χ1n) is 6.93. The van der Waals surface area contributed by atoms with Crippen LogP contribution in [0.5, 0.6) is 0 Å². The van der Waals surface area contributed by atoms with E-state index in [1.807, 2.05) is 43.3 Å². The zero-order valence-corrected chi connectivity index (χ0v) is 13.0. The SMILES string of the molecule is CN(C)c1cccc(C(=O)NCCC2CCNC2)c1.Cl. The molecule has 1 saturated heterocycles. The molecule has 1 unspecified atom stereocenters. The number of nitrogens with one attached hydrogen (secondary N) is 2. The molecule has 0 aromatic heterocycles. The highest BCUT2D eigenvalue weighted by atomic mass is 35.5. The van der Waals surface area contributed by atoms with Crippen LogP contribution >= 0.6 is 12.4 Å². The Hall–Kier alpha value is -1.26. The summed E-state index contributed by atoms with van der Waals surface area (Å²) in [6, 6.07) is 7.71. The lowest BCUT2D eigenvalue weighted by Gasteiger charge is -2.14. The Bertz CT molecular complexity index is 431. The quantitative estimate of drug-likeness (QED) is 0.872. The summed E-state index contributed by atoms with van der Waals surface area (Å²) in [5, 5.41) is 6.35. The Balaban J connectivity index is 0.00000200. The van der Waals surface area contributed by atoms with E-state index in [1.54, 1.807) is 0 Å². The van der Waals surface area contributed by atoms with E-state index in [0.29, 0.717) is 5.92 Å². The summed E-state index contributed by atoms with van der Waals surface area (Å²) in [6.07, 6.45) is 2.29. The van der Waals surface area contributed by atoms with Crippen molar-refractivity contribution in [3.63, 3.8) is 0 Å². The first kappa shape index (κ1) is 16.8. The smallest absolute Gasteiger partial charge is 0.251 e. The number of carbonyl (C=O) groups excluding carboxylic acids is 1. The largest absolute Gasteiger partial charge is 0.378 e. The van der Waals surface area contributed by atoms with Gasteiger partial charge in [-0.3, -0.25) is 4.79 Å². The van der Waals surface area contributed by atoms with Crippen molar-refractivity contribution in [1.29, 1.82) is 0 Å². The highest BCUT2D eigenvalue weighted by molar-refractivity contribution is 5.95. The van der Waals surface area contributed by atoms with Gasteiger partial charge >= 0.3 is 0 Å². The maximum Gasteiger partial charge on any atom is 0.251 e. The molecule has 4 nitrogen and oxygen atoms in total. The van der Waals surface area contributed by atoms with Gasteiger partial charge in [-0.05, 0) is 50.0 Å². The highest BCUT2D eigenvalue weighted by Crippen LogP contribution is 2.14. The molecular formula is C15H24ClN3O. The Labute approximate surface area is 127 Å². The van der Waals surface area contributed by atoms with E-state index in [4.69, 9.17) is 0 Å². The monoisotopic (exact) mass is 297 g/mol. The highest BCUT2D eigenvalue weighted by Gasteiger charge is 2.14. The average Bonchev–Trinajstić information content (AvgIpc) is 2.92. The lowest BCUT2D eigenvalue weighted by Crippen LogP contribution is -2.26. The number of rotatable bonds is 5. The molecule has 2 N–H and O–H groups in total. The van der Waals surface area contributed by atoms with Crippen molar-refractivity contribution < 1.29 is 4.79 Å². The molecule has 20 heavy (non-hydrogen) atoms. The van der Waals surface area contributed by atoms with Crippen LogP contribution in [0.1, 0.15) is 23.2 Å². The van der Waals surface area contributed by atoms with Gasteiger partial charge in [0.25, 0.3) is 5.91 Å². The second-order valence-electron chi connectivity index (χ2n) is 5.35. The zero-order chi connectivity index (χ0) is 13.7.